The number of nitriles is 1. The van der Waals surface area contributed by atoms with E-state index < -0.39 is 0 Å². The average molecular weight is 190 g/mol. The van der Waals surface area contributed by atoms with Gasteiger partial charge in [-0.15, -0.1) is 0 Å². The van der Waals surface area contributed by atoms with E-state index in [1.165, 1.54) is 12.1 Å². The van der Waals surface area contributed by atoms with Crippen molar-refractivity contribution >= 4 is 5.69 Å². The van der Waals surface area contributed by atoms with Gasteiger partial charge in [-0.1, -0.05) is 0 Å². The van der Waals surface area contributed by atoms with Crippen LogP contribution in [0.3, 0.4) is 0 Å². The number of nitrogens with zero attached hydrogens (tertiary/aromatic N) is 2. The molecule has 1 aliphatic heterocycles. The topological polar surface area (TPSA) is 27.0 Å². The highest BCUT2D eigenvalue weighted by molar-refractivity contribution is 5.49. The Bertz CT molecular complexity index is 353. The van der Waals surface area contributed by atoms with Gasteiger partial charge in [-0.2, -0.15) is 5.26 Å². The molecule has 0 saturated carbocycles. The van der Waals surface area contributed by atoms with Gasteiger partial charge in [-0.05, 0) is 37.1 Å². The summed E-state index contributed by atoms with van der Waals surface area (Å²) in [7, 11) is 0. The standard InChI is InChI=1S/C11H11FN2/c12-9-3-5-10(6-4-9)14-7-1-2-11(14)8-13/h3-6,11H,1-2,7H2. The molecule has 1 aromatic rings. The van der Waals surface area contributed by atoms with E-state index in [-0.39, 0.29) is 11.9 Å². The summed E-state index contributed by atoms with van der Waals surface area (Å²) < 4.78 is 12.7. The monoisotopic (exact) mass is 190 g/mol. The Balaban J connectivity index is 2.23. The highest BCUT2D eigenvalue weighted by Crippen LogP contribution is 2.24. The van der Waals surface area contributed by atoms with Gasteiger partial charge < -0.3 is 4.90 Å². The molecule has 1 heterocycles. The van der Waals surface area contributed by atoms with Gasteiger partial charge in [0.25, 0.3) is 0 Å². The summed E-state index contributed by atoms with van der Waals surface area (Å²) in [6, 6.07) is 8.54. The molecule has 0 spiro atoms. The molecule has 1 fully saturated rings. The molecule has 1 unspecified atom stereocenters. The van der Waals surface area contributed by atoms with E-state index in [2.05, 4.69) is 6.07 Å². The van der Waals surface area contributed by atoms with Crippen molar-refractivity contribution in [3.05, 3.63) is 30.1 Å². The Morgan fingerprint density at radius 2 is 2.07 bits per heavy atom. The second-order valence-corrected chi connectivity index (χ2v) is 3.46. The van der Waals surface area contributed by atoms with Gasteiger partial charge in [0.05, 0.1) is 6.07 Å². The lowest BCUT2D eigenvalue weighted by Gasteiger charge is -2.21. The van der Waals surface area contributed by atoms with Crippen LogP contribution < -0.4 is 4.90 Å². The Labute approximate surface area is 82.6 Å². The molecule has 0 aliphatic carbocycles. The maximum atomic E-state index is 12.7. The van der Waals surface area contributed by atoms with Crippen LogP contribution in [0.15, 0.2) is 24.3 Å². The molecule has 14 heavy (non-hydrogen) atoms. The molecule has 1 aliphatic rings. The molecule has 2 rings (SSSR count). The first-order valence-corrected chi connectivity index (χ1v) is 4.73. The van der Waals surface area contributed by atoms with Gasteiger partial charge in [0, 0.05) is 12.2 Å². The van der Waals surface area contributed by atoms with E-state index >= 15 is 0 Å². The molecule has 0 N–H and O–H groups in total. The Hall–Kier alpha value is -1.56. The summed E-state index contributed by atoms with van der Waals surface area (Å²) in [4.78, 5) is 2.03. The first-order valence-electron chi connectivity index (χ1n) is 4.73. The number of halogens is 1. The van der Waals surface area contributed by atoms with Gasteiger partial charge in [-0.3, -0.25) is 0 Å². The SMILES string of the molecule is N#CC1CCCN1c1ccc(F)cc1. The summed E-state index contributed by atoms with van der Waals surface area (Å²) in [5.74, 6) is -0.235. The molecule has 3 heteroatoms. The zero-order valence-electron chi connectivity index (χ0n) is 7.78. The zero-order valence-corrected chi connectivity index (χ0v) is 7.78. The maximum Gasteiger partial charge on any atom is 0.123 e. The van der Waals surface area contributed by atoms with E-state index in [4.69, 9.17) is 5.26 Å². The van der Waals surface area contributed by atoms with Crippen LogP contribution in [0.1, 0.15) is 12.8 Å². The van der Waals surface area contributed by atoms with Crippen molar-refractivity contribution in [2.24, 2.45) is 0 Å². The van der Waals surface area contributed by atoms with Crippen LogP contribution in [-0.2, 0) is 0 Å². The number of hydrogen-bond donors (Lipinski definition) is 0. The third-order valence-corrected chi connectivity index (χ3v) is 2.56. The largest absolute Gasteiger partial charge is 0.356 e. The Kier molecular flexibility index (Phi) is 2.36. The predicted octanol–water partition coefficient (Wildman–Crippen LogP) is 2.32. The molecule has 0 aromatic heterocycles. The van der Waals surface area contributed by atoms with Crippen LogP contribution in [0.2, 0.25) is 0 Å². The zero-order chi connectivity index (χ0) is 9.97. The molecule has 0 bridgehead atoms. The molecular weight excluding hydrogens is 179 g/mol. The van der Waals surface area contributed by atoms with Gasteiger partial charge >= 0.3 is 0 Å². The maximum absolute atomic E-state index is 12.7. The number of anilines is 1. The Morgan fingerprint density at radius 3 is 2.71 bits per heavy atom. The number of benzene rings is 1. The molecule has 1 aromatic carbocycles. The second-order valence-electron chi connectivity index (χ2n) is 3.46. The van der Waals surface area contributed by atoms with Gasteiger partial charge in [0.1, 0.15) is 11.9 Å². The highest BCUT2D eigenvalue weighted by Gasteiger charge is 2.23. The summed E-state index contributed by atoms with van der Waals surface area (Å²) in [6.07, 6.45) is 1.95. The number of hydrogen-bond acceptors (Lipinski definition) is 2. The van der Waals surface area contributed by atoms with Crippen molar-refractivity contribution in [2.75, 3.05) is 11.4 Å². The van der Waals surface area contributed by atoms with Gasteiger partial charge in [0.15, 0.2) is 0 Å². The molecule has 0 radical (unpaired) electrons. The van der Waals surface area contributed by atoms with E-state index in [1.807, 2.05) is 4.90 Å². The minimum Gasteiger partial charge on any atom is -0.356 e. The van der Waals surface area contributed by atoms with E-state index in [1.54, 1.807) is 12.1 Å². The minimum atomic E-state index is -0.235. The van der Waals surface area contributed by atoms with E-state index in [9.17, 15) is 4.39 Å². The highest BCUT2D eigenvalue weighted by atomic mass is 19.1. The van der Waals surface area contributed by atoms with Gasteiger partial charge in [0.2, 0.25) is 0 Å². The van der Waals surface area contributed by atoms with Crippen LogP contribution in [0, 0.1) is 17.1 Å². The minimum absolute atomic E-state index is 0.0412. The average Bonchev–Trinajstić information content (AvgIpc) is 2.67. The van der Waals surface area contributed by atoms with Gasteiger partial charge in [-0.25, -0.2) is 4.39 Å². The first-order chi connectivity index (χ1) is 6.81. The smallest absolute Gasteiger partial charge is 0.123 e. The third-order valence-electron chi connectivity index (χ3n) is 2.56. The molecule has 2 nitrogen and oxygen atoms in total. The van der Waals surface area contributed by atoms with Crippen LogP contribution in [0.5, 0.6) is 0 Å². The van der Waals surface area contributed by atoms with Crippen LogP contribution >= 0.6 is 0 Å². The molecule has 1 atom stereocenters. The predicted molar refractivity (Wildman–Crippen MR) is 52.4 cm³/mol. The first kappa shape index (κ1) is 9.01. The molecule has 1 saturated heterocycles. The summed E-state index contributed by atoms with van der Waals surface area (Å²) in [6.45, 7) is 0.893. The van der Waals surface area contributed by atoms with Crippen molar-refractivity contribution in [3.8, 4) is 6.07 Å². The lowest BCUT2D eigenvalue weighted by atomic mass is 10.2. The molecular formula is C11H11FN2. The molecule has 0 amide bonds. The second kappa shape index (κ2) is 3.67. The van der Waals surface area contributed by atoms with E-state index in [0.29, 0.717) is 0 Å². The van der Waals surface area contributed by atoms with E-state index in [0.717, 1.165) is 25.1 Å². The normalized spacial score (nSPS) is 20.9. The number of rotatable bonds is 1. The van der Waals surface area contributed by atoms with Crippen LogP contribution in [-0.4, -0.2) is 12.6 Å². The molecule has 72 valence electrons. The lowest BCUT2D eigenvalue weighted by molar-refractivity contribution is 0.627. The summed E-state index contributed by atoms with van der Waals surface area (Å²) in [5.41, 5.74) is 0.940. The lowest BCUT2D eigenvalue weighted by Crippen LogP contribution is -2.27. The van der Waals surface area contributed by atoms with Crippen molar-refractivity contribution < 1.29 is 4.39 Å². The van der Waals surface area contributed by atoms with Crippen molar-refractivity contribution in [2.45, 2.75) is 18.9 Å². The Morgan fingerprint density at radius 1 is 1.36 bits per heavy atom. The fourth-order valence-electron chi connectivity index (χ4n) is 1.84. The van der Waals surface area contributed by atoms with Crippen molar-refractivity contribution in [3.63, 3.8) is 0 Å². The van der Waals surface area contributed by atoms with Crippen molar-refractivity contribution in [1.29, 1.82) is 5.26 Å². The van der Waals surface area contributed by atoms with Crippen LogP contribution in [0.25, 0.3) is 0 Å². The fraction of sp³-hybridized carbons (Fsp3) is 0.364. The quantitative estimate of drug-likeness (QED) is 0.679. The fourth-order valence-corrected chi connectivity index (χ4v) is 1.84. The van der Waals surface area contributed by atoms with Crippen molar-refractivity contribution in [1.82, 2.24) is 0 Å². The summed E-state index contributed by atoms with van der Waals surface area (Å²) in [5, 5.41) is 8.89. The van der Waals surface area contributed by atoms with Crippen LogP contribution in [0.4, 0.5) is 10.1 Å². The summed E-state index contributed by atoms with van der Waals surface area (Å²) >= 11 is 0. The third kappa shape index (κ3) is 1.56.